The molecule has 2 unspecified atom stereocenters. The molecule has 0 amide bonds. The number of nitrogens with two attached hydrogens (primary N) is 1. The van der Waals surface area contributed by atoms with Crippen molar-refractivity contribution >= 4 is 11.0 Å². The fourth-order valence-electron chi connectivity index (χ4n) is 2.46. The third-order valence-corrected chi connectivity index (χ3v) is 3.49. The molecule has 0 spiro atoms. The zero-order valence-corrected chi connectivity index (χ0v) is 9.94. The molecule has 1 aromatic carbocycles. The number of imidazole rings is 1. The zero-order valence-electron chi connectivity index (χ0n) is 9.94. The number of aromatic amines is 1. The first-order valence-electron chi connectivity index (χ1n) is 6.09. The Labute approximate surface area is 100 Å². The highest BCUT2D eigenvalue weighted by Gasteiger charge is 2.28. The summed E-state index contributed by atoms with van der Waals surface area (Å²) in [6, 6.07) is 6.06. The van der Waals surface area contributed by atoms with E-state index in [1.165, 1.54) is 0 Å². The molecule has 0 aliphatic carbocycles. The summed E-state index contributed by atoms with van der Waals surface area (Å²) < 4.78 is 5.73. The van der Waals surface area contributed by atoms with Gasteiger partial charge in [0.1, 0.15) is 11.9 Å². The average molecular weight is 231 g/mol. The first-order valence-corrected chi connectivity index (χ1v) is 6.09. The molecule has 1 fully saturated rings. The number of nitrogens with zero attached hydrogens (tertiary/aromatic N) is 1. The van der Waals surface area contributed by atoms with Crippen LogP contribution in [0.25, 0.3) is 11.0 Å². The number of hydrogen-bond donors (Lipinski definition) is 2. The van der Waals surface area contributed by atoms with E-state index in [9.17, 15) is 0 Å². The second kappa shape index (κ2) is 4.13. The Morgan fingerprint density at radius 1 is 1.53 bits per heavy atom. The Morgan fingerprint density at radius 3 is 3.12 bits per heavy atom. The predicted octanol–water partition coefficient (Wildman–Crippen LogP) is 2.12. The third kappa shape index (κ3) is 1.73. The van der Waals surface area contributed by atoms with E-state index < -0.39 is 0 Å². The van der Waals surface area contributed by atoms with Gasteiger partial charge in [-0.2, -0.15) is 0 Å². The molecule has 1 aliphatic rings. The Balaban J connectivity index is 2.07. The van der Waals surface area contributed by atoms with Crippen LogP contribution >= 0.6 is 0 Å². The van der Waals surface area contributed by atoms with Gasteiger partial charge in [0.2, 0.25) is 0 Å². The second-order valence-electron chi connectivity index (χ2n) is 4.70. The number of hydrogen-bond acceptors (Lipinski definition) is 3. The van der Waals surface area contributed by atoms with Gasteiger partial charge in [-0.05, 0) is 24.0 Å². The predicted molar refractivity (Wildman–Crippen MR) is 66.5 cm³/mol. The van der Waals surface area contributed by atoms with Gasteiger partial charge in [-0.15, -0.1) is 0 Å². The van der Waals surface area contributed by atoms with Crippen LogP contribution in [0.1, 0.15) is 30.8 Å². The number of H-pyrrole nitrogens is 1. The normalized spacial score (nSPS) is 24.6. The van der Waals surface area contributed by atoms with E-state index >= 15 is 0 Å². The number of rotatable bonds is 2. The summed E-state index contributed by atoms with van der Waals surface area (Å²) in [5.74, 6) is 1.46. The van der Waals surface area contributed by atoms with E-state index in [2.05, 4.69) is 16.9 Å². The molecule has 2 heterocycles. The van der Waals surface area contributed by atoms with E-state index in [1.807, 2.05) is 18.2 Å². The Bertz CT molecular complexity index is 534. The SMILES string of the molecule is CC1CCOC1c1nc2c(CN)cccc2[nH]1. The molecular weight excluding hydrogens is 214 g/mol. The van der Waals surface area contributed by atoms with Gasteiger partial charge in [-0.1, -0.05) is 19.1 Å². The van der Waals surface area contributed by atoms with Gasteiger partial charge >= 0.3 is 0 Å². The summed E-state index contributed by atoms with van der Waals surface area (Å²) in [5.41, 5.74) is 8.83. The summed E-state index contributed by atoms with van der Waals surface area (Å²) in [7, 11) is 0. The van der Waals surface area contributed by atoms with Crippen molar-refractivity contribution in [1.29, 1.82) is 0 Å². The summed E-state index contributed by atoms with van der Waals surface area (Å²) in [4.78, 5) is 8.01. The maximum absolute atomic E-state index is 5.73. The van der Waals surface area contributed by atoms with Crippen LogP contribution in [0, 0.1) is 5.92 Å². The molecule has 0 radical (unpaired) electrons. The van der Waals surface area contributed by atoms with Crippen LogP contribution in [0.3, 0.4) is 0 Å². The van der Waals surface area contributed by atoms with E-state index in [1.54, 1.807) is 0 Å². The van der Waals surface area contributed by atoms with Gasteiger partial charge in [0, 0.05) is 13.2 Å². The van der Waals surface area contributed by atoms with Crippen molar-refractivity contribution in [2.75, 3.05) is 6.61 Å². The Hall–Kier alpha value is -1.39. The molecule has 1 saturated heterocycles. The maximum atomic E-state index is 5.73. The zero-order chi connectivity index (χ0) is 11.8. The lowest BCUT2D eigenvalue weighted by atomic mass is 10.0. The summed E-state index contributed by atoms with van der Waals surface area (Å²) in [6.07, 6.45) is 1.21. The fourth-order valence-corrected chi connectivity index (χ4v) is 2.46. The number of para-hydroxylation sites is 1. The van der Waals surface area contributed by atoms with Crippen molar-refractivity contribution < 1.29 is 4.74 Å². The van der Waals surface area contributed by atoms with Crippen LogP contribution in [-0.2, 0) is 11.3 Å². The van der Waals surface area contributed by atoms with Crippen LogP contribution in [0.2, 0.25) is 0 Å². The van der Waals surface area contributed by atoms with Gasteiger partial charge in [0.15, 0.2) is 0 Å². The maximum Gasteiger partial charge on any atom is 0.136 e. The lowest BCUT2D eigenvalue weighted by Gasteiger charge is -2.10. The van der Waals surface area contributed by atoms with Crippen molar-refractivity contribution in [1.82, 2.24) is 9.97 Å². The highest BCUT2D eigenvalue weighted by molar-refractivity contribution is 5.78. The molecule has 3 N–H and O–H groups in total. The Morgan fingerprint density at radius 2 is 2.41 bits per heavy atom. The van der Waals surface area contributed by atoms with Crippen molar-refractivity contribution in [2.24, 2.45) is 11.7 Å². The monoisotopic (exact) mass is 231 g/mol. The molecule has 2 aromatic rings. The van der Waals surface area contributed by atoms with E-state index in [-0.39, 0.29) is 6.10 Å². The van der Waals surface area contributed by atoms with Gasteiger partial charge in [-0.25, -0.2) is 4.98 Å². The topological polar surface area (TPSA) is 63.9 Å². The van der Waals surface area contributed by atoms with Crippen LogP contribution < -0.4 is 5.73 Å². The largest absolute Gasteiger partial charge is 0.370 e. The molecule has 1 aromatic heterocycles. The van der Waals surface area contributed by atoms with Gasteiger partial charge in [-0.3, -0.25) is 0 Å². The molecule has 0 saturated carbocycles. The molecular formula is C13H17N3O. The van der Waals surface area contributed by atoms with Crippen molar-refractivity contribution in [3.63, 3.8) is 0 Å². The van der Waals surface area contributed by atoms with Crippen molar-refractivity contribution in [3.05, 3.63) is 29.6 Å². The van der Waals surface area contributed by atoms with Crippen LogP contribution in [0.15, 0.2) is 18.2 Å². The summed E-state index contributed by atoms with van der Waals surface area (Å²) in [5, 5.41) is 0. The number of fused-ring (bicyclic) bond motifs is 1. The summed E-state index contributed by atoms with van der Waals surface area (Å²) >= 11 is 0. The molecule has 17 heavy (non-hydrogen) atoms. The Kier molecular flexibility index (Phi) is 2.61. The van der Waals surface area contributed by atoms with E-state index in [4.69, 9.17) is 10.5 Å². The molecule has 4 nitrogen and oxygen atoms in total. The van der Waals surface area contributed by atoms with E-state index in [0.29, 0.717) is 12.5 Å². The van der Waals surface area contributed by atoms with Crippen LogP contribution in [0.4, 0.5) is 0 Å². The second-order valence-corrected chi connectivity index (χ2v) is 4.70. The number of nitrogens with one attached hydrogen (secondary N) is 1. The smallest absolute Gasteiger partial charge is 0.136 e. The lowest BCUT2D eigenvalue weighted by molar-refractivity contribution is 0.0883. The first kappa shape index (κ1) is 10.7. The third-order valence-electron chi connectivity index (χ3n) is 3.49. The van der Waals surface area contributed by atoms with E-state index in [0.717, 1.165) is 35.4 Å². The minimum atomic E-state index is 0.105. The molecule has 2 atom stereocenters. The van der Waals surface area contributed by atoms with Crippen molar-refractivity contribution in [2.45, 2.75) is 26.0 Å². The highest BCUT2D eigenvalue weighted by atomic mass is 16.5. The quantitative estimate of drug-likeness (QED) is 0.832. The number of ether oxygens (including phenoxy) is 1. The van der Waals surface area contributed by atoms with Crippen LogP contribution in [0.5, 0.6) is 0 Å². The minimum absolute atomic E-state index is 0.105. The van der Waals surface area contributed by atoms with Crippen molar-refractivity contribution in [3.8, 4) is 0 Å². The average Bonchev–Trinajstić information content (AvgIpc) is 2.93. The highest BCUT2D eigenvalue weighted by Crippen LogP contribution is 2.33. The summed E-state index contributed by atoms with van der Waals surface area (Å²) in [6.45, 7) is 3.55. The number of aromatic nitrogens is 2. The minimum Gasteiger partial charge on any atom is -0.370 e. The molecule has 3 rings (SSSR count). The molecule has 0 bridgehead atoms. The first-order chi connectivity index (χ1) is 8.29. The molecule has 4 heteroatoms. The molecule has 90 valence electrons. The standard InChI is InChI=1S/C13H17N3O/c1-8-5-6-17-12(8)13-15-10-4-2-3-9(7-14)11(10)16-13/h2-4,8,12H,5-7,14H2,1H3,(H,15,16). The van der Waals surface area contributed by atoms with Gasteiger partial charge < -0.3 is 15.5 Å². The van der Waals surface area contributed by atoms with Gasteiger partial charge in [0.25, 0.3) is 0 Å². The van der Waals surface area contributed by atoms with Gasteiger partial charge in [0.05, 0.1) is 11.0 Å². The number of benzene rings is 1. The lowest BCUT2D eigenvalue weighted by Crippen LogP contribution is -2.05. The fraction of sp³-hybridized carbons (Fsp3) is 0.462. The van der Waals surface area contributed by atoms with Crippen LogP contribution in [-0.4, -0.2) is 16.6 Å². The molecule has 1 aliphatic heterocycles.